The van der Waals surface area contributed by atoms with Crippen molar-refractivity contribution in [1.82, 2.24) is 4.90 Å². The molecule has 5 nitrogen and oxygen atoms in total. The first-order valence-electron chi connectivity index (χ1n) is 8.96. The van der Waals surface area contributed by atoms with Crippen molar-refractivity contribution in [1.29, 1.82) is 0 Å². The molecule has 1 aliphatic heterocycles. The summed E-state index contributed by atoms with van der Waals surface area (Å²) in [5, 5.41) is 9.63. The number of carbonyl (C=O) groups excluding carboxylic acids is 1. The Morgan fingerprint density at radius 2 is 1.85 bits per heavy atom. The van der Waals surface area contributed by atoms with E-state index in [9.17, 15) is 9.59 Å². The van der Waals surface area contributed by atoms with Crippen LogP contribution in [-0.4, -0.2) is 41.1 Å². The molecule has 0 aliphatic carbocycles. The molecular formula is C21H22ClNO4. The van der Waals surface area contributed by atoms with Crippen LogP contribution < -0.4 is 4.74 Å². The molecule has 1 amide bonds. The summed E-state index contributed by atoms with van der Waals surface area (Å²) in [5.74, 6) is -0.551. The second-order valence-electron chi connectivity index (χ2n) is 6.77. The maximum atomic E-state index is 12.7. The molecule has 3 rings (SSSR count). The molecule has 0 aromatic heterocycles. The molecule has 0 saturated carbocycles. The molecule has 1 aliphatic rings. The van der Waals surface area contributed by atoms with Gasteiger partial charge in [-0.2, -0.15) is 0 Å². The molecule has 1 saturated heterocycles. The van der Waals surface area contributed by atoms with Gasteiger partial charge < -0.3 is 14.7 Å². The van der Waals surface area contributed by atoms with Crippen molar-refractivity contribution in [2.45, 2.75) is 32.8 Å². The average molecular weight is 388 g/mol. The number of carbonyl (C=O) groups is 2. The number of ether oxygens (including phenoxy) is 1. The summed E-state index contributed by atoms with van der Waals surface area (Å²) >= 11 is 6.14. The molecule has 6 heteroatoms. The number of aryl methyl sites for hydroxylation is 1. The highest BCUT2D eigenvalue weighted by Crippen LogP contribution is 2.34. The van der Waals surface area contributed by atoms with Gasteiger partial charge in [0.2, 0.25) is 0 Å². The number of nitrogens with zero attached hydrogens (tertiary/aromatic N) is 1. The van der Waals surface area contributed by atoms with Gasteiger partial charge in [-0.25, -0.2) is 4.79 Å². The summed E-state index contributed by atoms with van der Waals surface area (Å²) in [7, 11) is 0. The van der Waals surface area contributed by atoms with Crippen molar-refractivity contribution in [3.63, 3.8) is 0 Å². The maximum absolute atomic E-state index is 12.7. The third-order valence-electron chi connectivity index (χ3n) is 4.75. The molecule has 1 fully saturated rings. The van der Waals surface area contributed by atoms with E-state index in [-0.39, 0.29) is 5.91 Å². The summed E-state index contributed by atoms with van der Waals surface area (Å²) in [6.07, 6.45) is 1.11. The summed E-state index contributed by atoms with van der Waals surface area (Å²) in [5.41, 5.74) is 3.06. The monoisotopic (exact) mass is 387 g/mol. The fraction of sp³-hybridized carbons (Fsp3) is 0.333. The molecule has 0 spiro atoms. The number of carboxylic acids is 1. The summed E-state index contributed by atoms with van der Waals surface area (Å²) < 4.78 is 5.58. The number of aliphatic carboxylic acids is 1. The zero-order valence-electron chi connectivity index (χ0n) is 15.4. The standard InChI is InChI=1S/C21H22ClNO4/c1-13-11-15(5-7-17(13)20(24)23-9-3-4-10-23)18-12-16(22)6-8-19(18)27-14(2)21(25)26/h5-8,11-12,14H,3-4,9-10H2,1-2H3,(H,25,26)/t14-/m0/s1. The molecule has 1 heterocycles. The Balaban J connectivity index is 1.94. The quantitative estimate of drug-likeness (QED) is 0.825. The van der Waals surface area contributed by atoms with Gasteiger partial charge in [-0.05, 0) is 62.1 Å². The minimum atomic E-state index is -1.04. The van der Waals surface area contributed by atoms with Gasteiger partial charge in [0.15, 0.2) is 6.10 Å². The summed E-state index contributed by atoms with van der Waals surface area (Å²) in [4.78, 5) is 25.7. The number of benzene rings is 2. The van der Waals surface area contributed by atoms with E-state index in [1.54, 1.807) is 18.2 Å². The lowest BCUT2D eigenvalue weighted by Gasteiger charge is -2.18. The summed E-state index contributed by atoms with van der Waals surface area (Å²) in [6, 6.07) is 10.6. The van der Waals surface area contributed by atoms with Crippen LogP contribution in [0.5, 0.6) is 5.75 Å². The maximum Gasteiger partial charge on any atom is 0.344 e. The van der Waals surface area contributed by atoms with Crippen LogP contribution in [0.1, 0.15) is 35.7 Å². The Morgan fingerprint density at radius 3 is 2.48 bits per heavy atom. The molecule has 0 unspecified atom stereocenters. The minimum absolute atomic E-state index is 0.0543. The van der Waals surface area contributed by atoms with Gasteiger partial charge in [0.1, 0.15) is 5.75 Å². The predicted octanol–water partition coefficient (Wildman–Crippen LogP) is 4.40. The summed E-state index contributed by atoms with van der Waals surface area (Å²) in [6.45, 7) is 4.99. The van der Waals surface area contributed by atoms with E-state index >= 15 is 0 Å². The first kappa shape index (κ1) is 19.2. The number of halogens is 1. The largest absolute Gasteiger partial charge is 0.479 e. The molecule has 1 atom stereocenters. The van der Waals surface area contributed by atoms with Gasteiger partial charge in [0.25, 0.3) is 5.91 Å². The smallest absolute Gasteiger partial charge is 0.344 e. The minimum Gasteiger partial charge on any atom is -0.479 e. The number of hydrogen-bond acceptors (Lipinski definition) is 3. The van der Waals surface area contributed by atoms with E-state index in [2.05, 4.69) is 0 Å². The zero-order chi connectivity index (χ0) is 19.6. The molecule has 2 aromatic carbocycles. The van der Waals surface area contributed by atoms with Crippen LogP contribution in [-0.2, 0) is 4.79 Å². The molecule has 2 aromatic rings. The van der Waals surface area contributed by atoms with Crippen LogP contribution in [0.25, 0.3) is 11.1 Å². The van der Waals surface area contributed by atoms with Gasteiger partial charge in [-0.3, -0.25) is 4.79 Å². The van der Waals surface area contributed by atoms with Crippen molar-refractivity contribution in [2.75, 3.05) is 13.1 Å². The van der Waals surface area contributed by atoms with Crippen LogP contribution in [0.2, 0.25) is 5.02 Å². The van der Waals surface area contributed by atoms with Crippen molar-refractivity contribution in [3.05, 3.63) is 52.5 Å². The molecule has 0 bridgehead atoms. The van der Waals surface area contributed by atoms with E-state index in [1.165, 1.54) is 6.92 Å². The Kier molecular flexibility index (Phi) is 5.71. The highest BCUT2D eigenvalue weighted by atomic mass is 35.5. The fourth-order valence-corrected chi connectivity index (χ4v) is 3.41. The highest BCUT2D eigenvalue weighted by molar-refractivity contribution is 6.31. The molecule has 1 N–H and O–H groups in total. The first-order chi connectivity index (χ1) is 12.9. The number of rotatable bonds is 5. The van der Waals surface area contributed by atoms with Crippen LogP contribution in [0.4, 0.5) is 0 Å². The Hall–Kier alpha value is -2.53. The Labute approximate surface area is 163 Å². The SMILES string of the molecule is Cc1cc(-c2cc(Cl)ccc2O[C@@H](C)C(=O)O)ccc1C(=O)N1CCCC1. The van der Waals surface area contributed by atoms with E-state index in [4.69, 9.17) is 21.4 Å². The topological polar surface area (TPSA) is 66.8 Å². The molecular weight excluding hydrogens is 366 g/mol. The van der Waals surface area contributed by atoms with E-state index < -0.39 is 12.1 Å². The van der Waals surface area contributed by atoms with Crippen molar-refractivity contribution < 1.29 is 19.4 Å². The first-order valence-corrected chi connectivity index (χ1v) is 9.34. The third-order valence-corrected chi connectivity index (χ3v) is 4.99. The van der Waals surface area contributed by atoms with Gasteiger partial charge in [0.05, 0.1) is 0 Å². The highest BCUT2D eigenvalue weighted by Gasteiger charge is 2.22. The van der Waals surface area contributed by atoms with Crippen molar-refractivity contribution >= 4 is 23.5 Å². The number of carboxylic acid groups (broad SMARTS) is 1. The van der Waals surface area contributed by atoms with Gasteiger partial charge in [-0.15, -0.1) is 0 Å². The normalized spacial score (nSPS) is 14.9. The lowest BCUT2D eigenvalue weighted by atomic mass is 9.98. The Bertz CT molecular complexity index is 874. The molecule has 142 valence electrons. The second-order valence-corrected chi connectivity index (χ2v) is 7.20. The lowest BCUT2D eigenvalue weighted by Crippen LogP contribution is -2.28. The van der Waals surface area contributed by atoms with Crippen molar-refractivity contribution in [3.8, 4) is 16.9 Å². The average Bonchev–Trinajstić information content (AvgIpc) is 3.17. The third kappa shape index (κ3) is 4.25. The van der Waals surface area contributed by atoms with Crippen LogP contribution in [0.3, 0.4) is 0 Å². The van der Waals surface area contributed by atoms with Gasteiger partial charge in [0, 0.05) is 29.2 Å². The van der Waals surface area contributed by atoms with E-state index in [0.717, 1.165) is 37.1 Å². The Morgan fingerprint density at radius 1 is 1.15 bits per heavy atom. The van der Waals surface area contributed by atoms with Crippen LogP contribution in [0.15, 0.2) is 36.4 Å². The van der Waals surface area contributed by atoms with Crippen molar-refractivity contribution in [2.24, 2.45) is 0 Å². The number of likely N-dealkylation sites (tertiary alicyclic amines) is 1. The van der Waals surface area contributed by atoms with Gasteiger partial charge in [-0.1, -0.05) is 23.7 Å². The van der Waals surface area contributed by atoms with E-state index in [1.807, 2.05) is 30.0 Å². The second kappa shape index (κ2) is 8.01. The lowest BCUT2D eigenvalue weighted by molar-refractivity contribution is -0.144. The van der Waals surface area contributed by atoms with Crippen LogP contribution >= 0.6 is 11.6 Å². The van der Waals surface area contributed by atoms with E-state index in [0.29, 0.717) is 21.9 Å². The van der Waals surface area contributed by atoms with Gasteiger partial charge >= 0.3 is 5.97 Å². The number of hydrogen-bond donors (Lipinski definition) is 1. The molecule has 0 radical (unpaired) electrons. The molecule has 27 heavy (non-hydrogen) atoms. The predicted molar refractivity (Wildman–Crippen MR) is 104 cm³/mol. The fourth-order valence-electron chi connectivity index (χ4n) is 3.23. The number of amides is 1. The zero-order valence-corrected chi connectivity index (χ0v) is 16.1. The van der Waals surface area contributed by atoms with Crippen LogP contribution in [0, 0.1) is 6.92 Å².